The van der Waals surface area contributed by atoms with Crippen LogP contribution >= 0.6 is 0 Å². The number of hydrogen-bond acceptors (Lipinski definition) is 3. The highest BCUT2D eigenvalue weighted by Gasteiger charge is 2.37. The van der Waals surface area contributed by atoms with Gasteiger partial charge in [-0.2, -0.15) is 13.2 Å². The number of likely N-dealkylation sites (N-methyl/N-ethyl adjacent to an activating group) is 1. The molecule has 1 saturated heterocycles. The van der Waals surface area contributed by atoms with E-state index in [0.717, 1.165) is 25.0 Å². The molecule has 0 aromatic heterocycles. The SMILES string of the molecule is CN(C(=O)CN1C[C@@H](O)C[C@H]1c1cccc(C(F)(F)F)c1)C1CC1. The van der Waals surface area contributed by atoms with Crippen LogP contribution < -0.4 is 0 Å². The number of β-amino-alcohol motifs (C(OH)–C–C–N with tert-alkyl or cyclic N) is 1. The summed E-state index contributed by atoms with van der Waals surface area (Å²) in [5.41, 5.74) is -0.217. The van der Waals surface area contributed by atoms with Crippen LogP contribution in [0.25, 0.3) is 0 Å². The maximum atomic E-state index is 12.9. The third-order valence-corrected chi connectivity index (χ3v) is 4.81. The molecule has 1 aliphatic heterocycles. The van der Waals surface area contributed by atoms with Gasteiger partial charge in [-0.3, -0.25) is 9.69 Å². The number of rotatable bonds is 4. The van der Waals surface area contributed by atoms with E-state index in [-0.39, 0.29) is 24.5 Å². The molecule has 1 N–H and O–H groups in total. The minimum absolute atomic E-state index is 0.0522. The third kappa shape index (κ3) is 3.72. The number of benzene rings is 1. The average molecular weight is 342 g/mol. The molecule has 0 radical (unpaired) electrons. The van der Waals surface area contributed by atoms with Crippen LogP contribution in [0.3, 0.4) is 0 Å². The van der Waals surface area contributed by atoms with E-state index >= 15 is 0 Å². The number of likely N-dealkylation sites (tertiary alicyclic amines) is 1. The van der Waals surface area contributed by atoms with Crippen molar-refractivity contribution in [3.63, 3.8) is 0 Å². The maximum absolute atomic E-state index is 12.9. The Hall–Kier alpha value is -1.60. The van der Waals surface area contributed by atoms with Crippen LogP contribution in [0.4, 0.5) is 13.2 Å². The fraction of sp³-hybridized carbons (Fsp3) is 0.588. The maximum Gasteiger partial charge on any atom is 0.416 e. The normalized spacial score (nSPS) is 25.0. The van der Waals surface area contributed by atoms with E-state index in [9.17, 15) is 23.1 Å². The van der Waals surface area contributed by atoms with Gasteiger partial charge in [-0.25, -0.2) is 0 Å². The number of hydrogen-bond donors (Lipinski definition) is 1. The lowest BCUT2D eigenvalue weighted by Gasteiger charge is -2.27. The van der Waals surface area contributed by atoms with E-state index < -0.39 is 17.8 Å². The predicted octanol–water partition coefficient (Wildman–Crippen LogP) is 2.43. The van der Waals surface area contributed by atoms with Crippen molar-refractivity contribution in [3.05, 3.63) is 35.4 Å². The van der Waals surface area contributed by atoms with E-state index in [4.69, 9.17) is 0 Å². The lowest BCUT2D eigenvalue weighted by Crippen LogP contribution is -2.39. The molecule has 7 heteroatoms. The molecule has 0 bridgehead atoms. The molecular formula is C17H21F3N2O2. The average Bonchev–Trinajstić information content (AvgIpc) is 3.30. The number of alkyl halides is 3. The molecule has 2 fully saturated rings. The molecule has 1 heterocycles. The van der Waals surface area contributed by atoms with Crippen molar-refractivity contribution in [1.29, 1.82) is 0 Å². The summed E-state index contributed by atoms with van der Waals surface area (Å²) in [6.45, 7) is 0.413. The van der Waals surface area contributed by atoms with Gasteiger partial charge in [0, 0.05) is 25.7 Å². The Labute approximate surface area is 138 Å². The van der Waals surface area contributed by atoms with Crippen LogP contribution in [-0.2, 0) is 11.0 Å². The fourth-order valence-electron chi connectivity index (χ4n) is 3.27. The van der Waals surface area contributed by atoms with E-state index in [1.165, 1.54) is 6.07 Å². The second-order valence-electron chi connectivity index (χ2n) is 6.69. The van der Waals surface area contributed by atoms with Crippen molar-refractivity contribution in [2.45, 2.75) is 43.6 Å². The van der Waals surface area contributed by atoms with E-state index in [2.05, 4.69) is 0 Å². The van der Waals surface area contributed by atoms with Crippen molar-refractivity contribution in [1.82, 2.24) is 9.80 Å². The molecule has 4 nitrogen and oxygen atoms in total. The smallest absolute Gasteiger partial charge is 0.392 e. The first kappa shape index (κ1) is 17.2. The number of carbonyl (C=O) groups is 1. The van der Waals surface area contributed by atoms with Gasteiger partial charge in [0.2, 0.25) is 5.91 Å². The van der Waals surface area contributed by atoms with E-state index in [0.29, 0.717) is 18.5 Å². The second kappa shape index (κ2) is 6.37. The highest BCUT2D eigenvalue weighted by Crippen LogP contribution is 2.36. The van der Waals surface area contributed by atoms with Crippen molar-refractivity contribution >= 4 is 5.91 Å². The van der Waals surface area contributed by atoms with Crippen LogP contribution in [-0.4, -0.2) is 53.1 Å². The van der Waals surface area contributed by atoms with Gasteiger partial charge in [0.1, 0.15) is 0 Å². The van der Waals surface area contributed by atoms with Crippen LogP contribution in [0.1, 0.15) is 36.4 Å². The second-order valence-corrected chi connectivity index (χ2v) is 6.69. The molecule has 3 rings (SSSR count). The molecule has 2 atom stereocenters. The first-order valence-electron chi connectivity index (χ1n) is 8.10. The Morgan fingerprint density at radius 1 is 1.38 bits per heavy atom. The monoisotopic (exact) mass is 342 g/mol. The zero-order valence-corrected chi connectivity index (χ0v) is 13.5. The number of aliphatic hydroxyl groups excluding tert-OH is 1. The zero-order valence-electron chi connectivity index (χ0n) is 13.5. The molecule has 0 spiro atoms. The fourth-order valence-corrected chi connectivity index (χ4v) is 3.27. The quantitative estimate of drug-likeness (QED) is 0.914. The lowest BCUT2D eigenvalue weighted by molar-refractivity contribution is -0.137. The molecular weight excluding hydrogens is 321 g/mol. The van der Waals surface area contributed by atoms with Gasteiger partial charge in [-0.15, -0.1) is 0 Å². The van der Waals surface area contributed by atoms with Crippen LogP contribution in [0.2, 0.25) is 0 Å². The summed E-state index contributed by atoms with van der Waals surface area (Å²) in [5.74, 6) is -0.0522. The highest BCUT2D eigenvalue weighted by atomic mass is 19.4. The van der Waals surface area contributed by atoms with Gasteiger partial charge in [-0.05, 0) is 37.0 Å². The largest absolute Gasteiger partial charge is 0.416 e. The number of halogens is 3. The van der Waals surface area contributed by atoms with Crippen molar-refractivity contribution in [2.75, 3.05) is 20.1 Å². The number of carbonyl (C=O) groups excluding carboxylic acids is 1. The molecule has 1 aromatic carbocycles. The summed E-state index contributed by atoms with van der Waals surface area (Å²) in [4.78, 5) is 15.8. The van der Waals surface area contributed by atoms with Gasteiger partial charge >= 0.3 is 6.18 Å². The summed E-state index contributed by atoms with van der Waals surface area (Å²) in [5, 5.41) is 9.94. The first-order chi connectivity index (χ1) is 11.3. The summed E-state index contributed by atoms with van der Waals surface area (Å²) >= 11 is 0. The minimum Gasteiger partial charge on any atom is -0.392 e. The Kier molecular flexibility index (Phi) is 4.57. The Morgan fingerprint density at radius 2 is 2.08 bits per heavy atom. The molecule has 24 heavy (non-hydrogen) atoms. The van der Waals surface area contributed by atoms with Gasteiger partial charge < -0.3 is 10.0 Å². The molecule has 1 saturated carbocycles. The van der Waals surface area contributed by atoms with Gasteiger partial charge in [0.15, 0.2) is 0 Å². The van der Waals surface area contributed by atoms with Crippen molar-refractivity contribution in [3.8, 4) is 0 Å². The van der Waals surface area contributed by atoms with E-state index in [1.54, 1.807) is 22.9 Å². The predicted molar refractivity (Wildman–Crippen MR) is 82.2 cm³/mol. The summed E-state index contributed by atoms with van der Waals surface area (Å²) in [6.07, 6.45) is -2.70. The van der Waals surface area contributed by atoms with Crippen molar-refractivity contribution in [2.24, 2.45) is 0 Å². The Morgan fingerprint density at radius 3 is 2.71 bits per heavy atom. The standard InChI is InChI=1S/C17H21F3N2O2/c1-21(13-5-6-13)16(24)10-22-9-14(23)8-15(22)11-3-2-4-12(7-11)17(18,19)20/h2-4,7,13-15,23H,5-6,8-10H2,1H3/t14-,15-/m0/s1. The van der Waals surface area contributed by atoms with Crippen LogP contribution in [0.5, 0.6) is 0 Å². The highest BCUT2D eigenvalue weighted by molar-refractivity contribution is 5.78. The minimum atomic E-state index is -4.40. The van der Waals surface area contributed by atoms with Gasteiger partial charge in [0.05, 0.1) is 18.2 Å². The van der Waals surface area contributed by atoms with Gasteiger partial charge in [-0.1, -0.05) is 12.1 Å². The summed E-state index contributed by atoms with van der Waals surface area (Å²) in [6, 6.07) is 5.06. The molecule has 0 unspecified atom stereocenters. The van der Waals surface area contributed by atoms with Crippen LogP contribution in [0, 0.1) is 0 Å². The van der Waals surface area contributed by atoms with Crippen LogP contribution in [0.15, 0.2) is 24.3 Å². The summed E-state index contributed by atoms with van der Waals surface area (Å²) in [7, 11) is 1.76. The third-order valence-electron chi connectivity index (χ3n) is 4.81. The molecule has 1 amide bonds. The Balaban J connectivity index is 1.76. The number of amides is 1. The molecule has 1 aliphatic carbocycles. The molecule has 1 aromatic rings. The van der Waals surface area contributed by atoms with Gasteiger partial charge in [0.25, 0.3) is 0 Å². The molecule has 132 valence electrons. The lowest BCUT2D eigenvalue weighted by atomic mass is 10.0. The zero-order chi connectivity index (χ0) is 17.5. The topological polar surface area (TPSA) is 43.8 Å². The number of aliphatic hydroxyl groups is 1. The molecule has 2 aliphatic rings. The Bertz CT molecular complexity index is 616. The first-order valence-corrected chi connectivity index (χ1v) is 8.10. The van der Waals surface area contributed by atoms with E-state index in [1.807, 2.05) is 0 Å². The summed E-state index contributed by atoms with van der Waals surface area (Å²) < 4.78 is 38.7. The van der Waals surface area contributed by atoms with Crippen molar-refractivity contribution < 1.29 is 23.1 Å². The number of nitrogens with zero attached hydrogens (tertiary/aromatic N) is 2.